The summed E-state index contributed by atoms with van der Waals surface area (Å²) in [5, 5.41) is 15.7. The molecule has 2 N–H and O–H groups in total. The number of halogens is 1. The molecule has 23 heavy (non-hydrogen) atoms. The number of nitrogens with one attached hydrogen (secondary N) is 2. The van der Waals surface area contributed by atoms with Crippen LogP contribution in [0, 0.1) is 18.3 Å². The normalized spacial score (nSPS) is 11.7. The van der Waals surface area contributed by atoms with E-state index in [1.54, 1.807) is 11.3 Å². The summed E-state index contributed by atoms with van der Waals surface area (Å²) in [6, 6.07) is 9.44. The molecule has 120 valence electrons. The first-order valence-corrected chi connectivity index (χ1v) is 8.31. The molecule has 0 saturated heterocycles. The minimum Gasteiger partial charge on any atom is -0.342 e. The molecule has 1 aromatic carbocycles. The van der Waals surface area contributed by atoms with Crippen LogP contribution in [0.5, 0.6) is 0 Å². The van der Waals surface area contributed by atoms with Gasteiger partial charge in [-0.2, -0.15) is 5.26 Å². The SMILES string of the molecule is Cc1nc(-c2ccc(Cl)cc2)sc1[C@H](C)NCC(=O)NCC#N. The number of benzene rings is 1. The predicted molar refractivity (Wildman–Crippen MR) is 92.3 cm³/mol. The Hall–Kier alpha value is -1.94. The average molecular weight is 349 g/mol. The van der Waals surface area contributed by atoms with E-state index < -0.39 is 0 Å². The Balaban J connectivity index is 2.04. The van der Waals surface area contributed by atoms with Crippen LogP contribution in [0.2, 0.25) is 5.02 Å². The number of rotatable bonds is 6. The second-order valence-electron chi connectivity index (χ2n) is 5.01. The van der Waals surface area contributed by atoms with Crippen molar-refractivity contribution in [2.45, 2.75) is 19.9 Å². The summed E-state index contributed by atoms with van der Waals surface area (Å²) in [5.74, 6) is -0.196. The number of carbonyl (C=O) groups is 1. The van der Waals surface area contributed by atoms with Crippen LogP contribution >= 0.6 is 22.9 Å². The van der Waals surface area contributed by atoms with Crippen molar-refractivity contribution in [2.75, 3.05) is 13.1 Å². The maximum Gasteiger partial charge on any atom is 0.234 e. The largest absolute Gasteiger partial charge is 0.342 e. The van der Waals surface area contributed by atoms with Crippen LogP contribution in [-0.4, -0.2) is 24.0 Å². The lowest BCUT2D eigenvalue weighted by Crippen LogP contribution is -2.35. The van der Waals surface area contributed by atoms with Crippen LogP contribution in [0.4, 0.5) is 0 Å². The number of amides is 1. The Bertz CT molecular complexity index is 721. The maximum absolute atomic E-state index is 11.5. The first-order valence-electron chi connectivity index (χ1n) is 7.11. The van der Waals surface area contributed by atoms with E-state index in [2.05, 4.69) is 15.6 Å². The molecule has 0 radical (unpaired) electrons. The summed E-state index contributed by atoms with van der Waals surface area (Å²) >= 11 is 7.50. The standard InChI is InChI=1S/C16H17ClN4OS/c1-10(20-9-14(22)19-8-7-18)15-11(2)21-16(23-15)12-3-5-13(17)6-4-12/h3-6,10,20H,8-9H2,1-2H3,(H,19,22)/t10-/m0/s1. The van der Waals surface area contributed by atoms with E-state index in [0.717, 1.165) is 21.1 Å². The highest BCUT2D eigenvalue weighted by molar-refractivity contribution is 7.15. The van der Waals surface area contributed by atoms with Crippen molar-refractivity contribution in [1.29, 1.82) is 5.26 Å². The van der Waals surface area contributed by atoms with Gasteiger partial charge < -0.3 is 10.6 Å². The summed E-state index contributed by atoms with van der Waals surface area (Å²) in [6.07, 6.45) is 0. The molecule has 5 nitrogen and oxygen atoms in total. The van der Waals surface area contributed by atoms with Crippen LogP contribution in [0.3, 0.4) is 0 Å². The predicted octanol–water partition coefficient (Wildman–Crippen LogP) is 3.06. The highest BCUT2D eigenvalue weighted by atomic mass is 35.5. The van der Waals surface area contributed by atoms with Crippen molar-refractivity contribution in [1.82, 2.24) is 15.6 Å². The maximum atomic E-state index is 11.5. The van der Waals surface area contributed by atoms with E-state index in [0.29, 0.717) is 5.02 Å². The Morgan fingerprint density at radius 2 is 2.13 bits per heavy atom. The quantitative estimate of drug-likeness (QED) is 0.786. The number of hydrogen-bond acceptors (Lipinski definition) is 5. The van der Waals surface area contributed by atoms with Crippen molar-refractivity contribution in [3.63, 3.8) is 0 Å². The number of carbonyl (C=O) groups excluding carboxylic acids is 1. The van der Waals surface area contributed by atoms with Gasteiger partial charge in [-0.15, -0.1) is 11.3 Å². The molecule has 1 aromatic heterocycles. The fraction of sp³-hybridized carbons (Fsp3) is 0.312. The third kappa shape index (κ3) is 4.76. The molecular weight excluding hydrogens is 332 g/mol. The van der Waals surface area contributed by atoms with Gasteiger partial charge in [0, 0.05) is 21.5 Å². The van der Waals surface area contributed by atoms with Crippen molar-refractivity contribution in [3.8, 4) is 16.6 Å². The molecule has 0 spiro atoms. The third-order valence-electron chi connectivity index (χ3n) is 3.25. The molecule has 2 aromatic rings. The number of hydrogen-bond donors (Lipinski definition) is 2. The van der Waals surface area contributed by atoms with E-state index in [-0.39, 0.29) is 25.0 Å². The Morgan fingerprint density at radius 3 is 2.78 bits per heavy atom. The van der Waals surface area contributed by atoms with Gasteiger partial charge >= 0.3 is 0 Å². The van der Waals surface area contributed by atoms with Crippen LogP contribution in [0.25, 0.3) is 10.6 Å². The molecule has 0 aliphatic heterocycles. The molecule has 0 aliphatic rings. The summed E-state index contributed by atoms with van der Waals surface area (Å²) < 4.78 is 0. The number of thiazole rings is 1. The van der Waals surface area contributed by atoms with Gasteiger partial charge in [0.1, 0.15) is 11.6 Å². The van der Waals surface area contributed by atoms with E-state index in [9.17, 15) is 4.79 Å². The first-order chi connectivity index (χ1) is 11.0. The Morgan fingerprint density at radius 1 is 1.43 bits per heavy atom. The lowest BCUT2D eigenvalue weighted by atomic mass is 10.2. The van der Waals surface area contributed by atoms with Gasteiger partial charge in [-0.05, 0) is 26.0 Å². The molecule has 7 heteroatoms. The zero-order valence-corrected chi connectivity index (χ0v) is 14.5. The number of nitrogens with zero attached hydrogens (tertiary/aromatic N) is 2. The molecule has 0 saturated carbocycles. The minimum atomic E-state index is -0.196. The van der Waals surface area contributed by atoms with E-state index >= 15 is 0 Å². The summed E-state index contributed by atoms with van der Waals surface area (Å²) in [6.45, 7) is 4.13. The zero-order valence-electron chi connectivity index (χ0n) is 12.9. The monoisotopic (exact) mass is 348 g/mol. The van der Waals surface area contributed by atoms with Crippen LogP contribution in [-0.2, 0) is 4.79 Å². The third-order valence-corrected chi connectivity index (χ3v) is 4.89. The van der Waals surface area contributed by atoms with Gasteiger partial charge in [-0.3, -0.25) is 4.79 Å². The van der Waals surface area contributed by atoms with Crippen molar-refractivity contribution in [3.05, 3.63) is 39.9 Å². The van der Waals surface area contributed by atoms with E-state index in [1.807, 2.05) is 44.2 Å². The fourth-order valence-corrected chi connectivity index (χ4v) is 3.29. The van der Waals surface area contributed by atoms with Crippen LogP contribution in [0.1, 0.15) is 23.5 Å². The van der Waals surface area contributed by atoms with Crippen molar-refractivity contribution >= 4 is 28.8 Å². The number of aromatic nitrogens is 1. The van der Waals surface area contributed by atoms with Crippen LogP contribution < -0.4 is 10.6 Å². The van der Waals surface area contributed by atoms with Gasteiger partial charge in [-0.1, -0.05) is 23.7 Å². The molecular formula is C16H17ClN4OS. The van der Waals surface area contributed by atoms with Crippen molar-refractivity contribution in [2.24, 2.45) is 0 Å². The fourth-order valence-electron chi connectivity index (χ4n) is 2.07. The summed E-state index contributed by atoms with van der Waals surface area (Å²) in [5.41, 5.74) is 1.96. The summed E-state index contributed by atoms with van der Waals surface area (Å²) in [7, 11) is 0. The van der Waals surface area contributed by atoms with Gasteiger partial charge in [0.25, 0.3) is 0 Å². The Kier molecular flexibility index (Phi) is 6.11. The smallest absolute Gasteiger partial charge is 0.234 e. The van der Waals surface area contributed by atoms with Gasteiger partial charge in [0.15, 0.2) is 0 Å². The zero-order chi connectivity index (χ0) is 16.8. The van der Waals surface area contributed by atoms with E-state index in [4.69, 9.17) is 16.9 Å². The molecule has 1 heterocycles. The molecule has 0 bridgehead atoms. The van der Waals surface area contributed by atoms with Gasteiger partial charge in [-0.25, -0.2) is 4.98 Å². The molecule has 0 aliphatic carbocycles. The summed E-state index contributed by atoms with van der Waals surface area (Å²) in [4.78, 5) is 17.2. The van der Waals surface area contributed by atoms with E-state index in [1.165, 1.54) is 0 Å². The lowest BCUT2D eigenvalue weighted by molar-refractivity contribution is -0.120. The van der Waals surface area contributed by atoms with Gasteiger partial charge in [0.2, 0.25) is 5.91 Å². The second-order valence-corrected chi connectivity index (χ2v) is 6.48. The topological polar surface area (TPSA) is 77.8 Å². The van der Waals surface area contributed by atoms with Crippen LogP contribution in [0.15, 0.2) is 24.3 Å². The Labute approximate surface area is 144 Å². The highest BCUT2D eigenvalue weighted by Crippen LogP contribution is 2.32. The second kappa shape index (κ2) is 8.06. The van der Waals surface area contributed by atoms with Crippen molar-refractivity contribution < 1.29 is 4.79 Å². The average Bonchev–Trinajstić information content (AvgIpc) is 2.93. The molecule has 0 unspecified atom stereocenters. The number of aryl methyl sites for hydroxylation is 1. The molecule has 1 amide bonds. The molecule has 2 rings (SSSR count). The van der Waals surface area contributed by atoms with Gasteiger partial charge in [0.05, 0.1) is 18.3 Å². The molecule has 1 atom stereocenters. The minimum absolute atomic E-state index is 0.00128. The molecule has 0 fully saturated rings. The lowest BCUT2D eigenvalue weighted by Gasteiger charge is -2.12. The number of nitriles is 1. The highest BCUT2D eigenvalue weighted by Gasteiger charge is 2.16. The first kappa shape index (κ1) is 17.4.